The van der Waals surface area contributed by atoms with E-state index in [1.807, 2.05) is 18.2 Å². The van der Waals surface area contributed by atoms with E-state index in [4.69, 9.17) is 16.3 Å². The second kappa shape index (κ2) is 7.90. The summed E-state index contributed by atoms with van der Waals surface area (Å²) in [5, 5.41) is 4.50. The van der Waals surface area contributed by atoms with Crippen molar-refractivity contribution in [1.29, 1.82) is 0 Å². The van der Waals surface area contributed by atoms with Crippen LogP contribution in [0.5, 0.6) is 5.75 Å². The maximum Gasteiger partial charge on any atom is 0.122 e. The van der Waals surface area contributed by atoms with Gasteiger partial charge < -0.3 is 10.1 Å². The standard InChI is InChI=1S/C17H26ClNO/c1-3-11-19-16(13-7-8-13)6-4-5-14-12-15(18)9-10-17(14)20-2/h9-10,12-13,16,19H,3-8,11H2,1-2H3. The highest BCUT2D eigenvalue weighted by molar-refractivity contribution is 6.30. The summed E-state index contributed by atoms with van der Waals surface area (Å²) in [4.78, 5) is 0. The van der Waals surface area contributed by atoms with Crippen LogP contribution in [0.2, 0.25) is 5.02 Å². The molecule has 1 saturated carbocycles. The highest BCUT2D eigenvalue weighted by Crippen LogP contribution is 2.35. The molecule has 1 N–H and O–H groups in total. The van der Waals surface area contributed by atoms with Gasteiger partial charge in [0.2, 0.25) is 0 Å². The van der Waals surface area contributed by atoms with Crippen LogP contribution in [0.3, 0.4) is 0 Å². The Labute approximate surface area is 127 Å². The zero-order valence-electron chi connectivity index (χ0n) is 12.6. The molecule has 1 aliphatic carbocycles. The minimum absolute atomic E-state index is 0.708. The van der Waals surface area contributed by atoms with E-state index in [-0.39, 0.29) is 0 Å². The predicted molar refractivity (Wildman–Crippen MR) is 85.7 cm³/mol. The van der Waals surface area contributed by atoms with Gasteiger partial charge in [-0.05, 0) is 74.8 Å². The summed E-state index contributed by atoms with van der Waals surface area (Å²) in [5.74, 6) is 1.88. The second-order valence-electron chi connectivity index (χ2n) is 5.75. The number of aryl methyl sites for hydroxylation is 1. The van der Waals surface area contributed by atoms with E-state index in [1.165, 1.54) is 37.7 Å². The molecule has 2 nitrogen and oxygen atoms in total. The molecule has 0 bridgehead atoms. The molecule has 3 heteroatoms. The molecule has 2 rings (SSSR count). The Bertz CT molecular complexity index is 417. The van der Waals surface area contributed by atoms with Gasteiger partial charge in [-0.25, -0.2) is 0 Å². The first kappa shape index (κ1) is 15.7. The average molecular weight is 296 g/mol. The van der Waals surface area contributed by atoms with Gasteiger partial charge in [0, 0.05) is 11.1 Å². The van der Waals surface area contributed by atoms with Gasteiger partial charge in [-0.15, -0.1) is 0 Å². The molecule has 0 aliphatic heterocycles. The molecule has 0 saturated heterocycles. The predicted octanol–water partition coefficient (Wildman–Crippen LogP) is 4.45. The minimum atomic E-state index is 0.708. The number of ether oxygens (including phenoxy) is 1. The van der Waals surface area contributed by atoms with E-state index in [0.29, 0.717) is 6.04 Å². The van der Waals surface area contributed by atoms with Crippen molar-refractivity contribution >= 4 is 11.6 Å². The summed E-state index contributed by atoms with van der Waals surface area (Å²) < 4.78 is 5.41. The maximum atomic E-state index is 6.08. The van der Waals surface area contributed by atoms with E-state index in [1.54, 1.807) is 7.11 Å². The van der Waals surface area contributed by atoms with E-state index < -0.39 is 0 Å². The first-order valence-electron chi connectivity index (χ1n) is 7.80. The Morgan fingerprint density at radius 3 is 2.85 bits per heavy atom. The highest BCUT2D eigenvalue weighted by Gasteiger charge is 2.30. The number of halogens is 1. The highest BCUT2D eigenvalue weighted by atomic mass is 35.5. The Hall–Kier alpha value is -0.730. The fourth-order valence-electron chi connectivity index (χ4n) is 2.79. The van der Waals surface area contributed by atoms with E-state index in [9.17, 15) is 0 Å². The summed E-state index contributed by atoms with van der Waals surface area (Å²) in [6.45, 7) is 3.37. The molecule has 20 heavy (non-hydrogen) atoms. The van der Waals surface area contributed by atoms with E-state index in [0.717, 1.165) is 29.7 Å². The third-order valence-electron chi connectivity index (χ3n) is 4.05. The zero-order valence-corrected chi connectivity index (χ0v) is 13.4. The molecule has 0 spiro atoms. The van der Waals surface area contributed by atoms with Crippen molar-refractivity contribution in [2.45, 2.75) is 51.5 Å². The molecule has 0 amide bonds. The number of methoxy groups -OCH3 is 1. The molecule has 1 fully saturated rings. The van der Waals surface area contributed by atoms with Gasteiger partial charge in [-0.1, -0.05) is 18.5 Å². The van der Waals surface area contributed by atoms with Crippen molar-refractivity contribution in [3.05, 3.63) is 28.8 Å². The van der Waals surface area contributed by atoms with Crippen LogP contribution >= 0.6 is 11.6 Å². The van der Waals surface area contributed by atoms with Crippen molar-refractivity contribution in [3.8, 4) is 5.75 Å². The summed E-state index contributed by atoms with van der Waals surface area (Å²) in [7, 11) is 1.72. The van der Waals surface area contributed by atoms with Gasteiger partial charge in [-0.2, -0.15) is 0 Å². The van der Waals surface area contributed by atoms with Crippen molar-refractivity contribution in [1.82, 2.24) is 5.32 Å². The van der Waals surface area contributed by atoms with E-state index >= 15 is 0 Å². The second-order valence-corrected chi connectivity index (χ2v) is 6.18. The number of benzene rings is 1. The summed E-state index contributed by atoms with van der Waals surface area (Å²) >= 11 is 6.08. The van der Waals surface area contributed by atoms with Crippen LogP contribution in [0.1, 0.15) is 44.6 Å². The lowest BCUT2D eigenvalue weighted by Gasteiger charge is -2.18. The molecular formula is C17H26ClNO. The van der Waals surface area contributed by atoms with Crippen LogP contribution in [-0.4, -0.2) is 19.7 Å². The first-order valence-corrected chi connectivity index (χ1v) is 8.18. The monoisotopic (exact) mass is 295 g/mol. The molecule has 1 aromatic rings. The fourth-order valence-corrected chi connectivity index (χ4v) is 2.98. The molecule has 1 aromatic carbocycles. The number of nitrogens with one attached hydrogen (secondary N) is 1. The Morgan fingerprint density at radius 2 is 2.20 bits per heavy atom. The van der Waals surface area contributed by atoms with Gasteiger partial charge in [0.15, 0.2) is 0 Å². The third kappa shape index (κ3) is 4.68. The number of rotatable bonds is 9. The number of hydrogen-bond donors (Lipinski definition) is 1. The van der Waals surface area contributed by atoms with Gasteiger partial charge in [0.05, 0.1) is 7.11 Å². The lowest BCUT2D eigenvalue weighted by molar-refractivity contribution is 0.403. The van der Waals surface area contributed by atoms with Gasteiger partial charge in [0.25, 0.3) is 0 Å². The average Bonchev–Trinajstić information content (AvgIpc) is 3.27. The molecule has 1 aliphatic rings. The van der Waals surface area contributed by atoms with Crippen LogP contribution in [0.25, 0.3) is 0 Å². The molecule has 0 aromatic heterocycles. The Kier molecular flexibility index (Phi) is 6.18. The summed E-state index contributed by atoms with van der Waals surface area (Å²) in [5.41, 5.74) is 1.23. The lowest BCUT2D eigenvalue weighted by atomic mass is 10.0. The van der Waals surface area contributed by atoms with Crippen LogP contribution in [0, 0.1) is 5.92 Å². The minimum Gasteiger partial charge on any atom is -0.496 e. The summed E-state index contributed by atoms with van der Waals surface area (Å²) in [6, 6.07) is 6.59. The Balaban J connectivity index is 1.83. The van der Waals surface area contributed by atoms with Gasteiger partial charge in [-0.3, -0.25) is 0 Å². The lowest BCUT2D eigenvalue weighted by Crippen LogP contribution is -2.31. The molecule has 0 radical (unpaired) electrons. The zero-order chi connectivity index (χ0) is 14.4. The quantitative estimate of drug-likeness (QED) is 0.727. The van der Waals surface area contributed by atoms with Crippen LogP contribution in [0.4, 0.5) is 0 Å². The van der Waals surface area contributed by atoms with E-state index in [2.05, 4.69) is 12.2 Å². The summed E-state index contributed by atoms with van der Waals surface area (Å²) in [6.07, 6.45) is 7.50. The molecule has 1 unspecified atom stereocenters. The third-order valence-corrected chi connectivity index (χ3v) is 4.29. The fraction of sp³-hybridized carbons (Fsp3) is 0.647. The normalized spacial score (nSPS) is 16.1. The van der Waals surface area contributed by atoms with Crippen molar-refractivity contribution in [2.24, 2.45) is 5.92 Å². The molecule has 0 heterocycles. The van der Waals surface area contributed by atoms with Gasteiger partial charge >= 0.3 is 0 Å². The largest absolute Gasteiger partial charge is 0.496 e. The van der Waals surface area contributed by atoms with Crippen LogP contribution in [-0.2, 0) is 6.42 Å². The first-order chi connectivity index (χ1) is 9.74. The van der Waals surface area contributed by atoms with Gasteiger partial charge in [0.1, 0.15) is 5.75 Å². The molecule has 1 atom stereocenters. The van der Waals surface area contributed by atoms with Crippen molar-refractivity contribution in [3.63, 3.8) is 0 Å². The SMILES string of the molecule is CCCNC(CCCc1cc(Cl)ccc1OC)C1CC1. The Morgan fingerprint density at radius 1 is 1.40 bits per heavy atom. The smallest absolute Gasteiger partial charge is 0.122 e. The maximum absolute atomic E-state index is 6.08. The van der Waals surface area contributed by atoms with Crippen molar-refractivity contribution in [2.75, 3.05) is 13.7 Å². The molecular weight excluding hydrogens is 270 g/mol. The topological polar surface area (TPSA) is 21.3 Å². The van der Waals surface area contributed by atoms with Crippen LogP contribution in [0.15, 0.2) is 18.2 Å². The van der Waals surface area contributed by atoms with Crippen molar-refractivity contribution < 1.29 is 4.74 Å². The molecule has 112 valence electrons. The number of hydrogen-bond acceptors (Lipinski definition) is 2. The van der Waals surface area contributed by atoms with Crippen LogP contribution < -0.4 is 10.1 Å².